The lowest BCUT2D eigenvalue weighted by Gasteiger charge is -2.18. The van der Waals surface area contributed by atoms with Gasteiger partial charge in [-0.15, -0.1) is 0 Å². The number of benzene rings is 1. The fraction of sp³-hybridized carbons (Fsp3) is 0.483. The van der Waals surface area contributed by atoms with E-state index in [-0.39, 0.29) is 0 Å². The quantitative estimate of drug-likeness (QED) is 0.310. The van der Waals surface area contributed by atoms with E-state index >= 15 is 0 Å². The zero-order valence-electron chi connectivity index (χ0n) is 20.4. The van der Waals surface area contributed by atoms with Crippen molar-refractivity contribution in [2.75, 3.05) is 6.61 Å². The third-order valence-corrected chi connectivity index (χ3v) is 6.09. The van der Waals surface area contributed by atoms with Crippen LogP contribution in [0.5, 0.6) is 0 Å². The highest BCUT2D eigenvalue weighted by Gasteiger charge is 2.15. The second kappa shape index (κ2) is 14.9. The highest BCUT2D eigenvalue weighted by atomic mass is 35.5. The molecule has 0 aromatic heterocycles. The van der Waals surface area contributed by atoms with E-state index in [1.165, 1.54) is 16.7 Å². The number of halogens is 1. The van der Waals surface area contributed by atoms with E-state index < -0.39 is 0 Å². The molecule has 1 unspecified atom stereocenters. The van der Waals surface area contributed by atoms with Gasteiger partial charge in [-0.3, -0.25) is 0 Å². The molecule has 0 saturated heterocycles. The Balaban J connectivity index is 2.42. The van der Waals surface area contributed by atoms with Crippen molar-refractivity contribution in [3.05, 3.63) is 76.4 Å². The Morgan fingerprint density at radius 2 is 1.94 bits per heavy atom. The molecule has 0 spiro atoms. The van der Waals surface area contributed by atoms with Crippen molar-refractivity contribution in [2.24, 2.45) is 11.1 Å². The van der Waals surface area contributed by atoms with Gasteiger partial charge in [0, 0.05) is 11.4 Å². The zero-order valence-corrected chi connectivity index (χ0v) is 21.1. The summed E-state index contributed by atoms with van der Waals surface area (Å²) in [6.45, 7) is 9.38. The van der Waals surface area contributed by atoms with E-state index in [2.05, 4.69) is 81.4 Å². The molecule has 1 aromatic carbocycles. The monoisotopic (exact) mass is 453 g/mol. The molecular formula is C29H40ClNO. The van der Waals surface area contributed by atoms with E-state index in [4.69, 9.17) is 16.4 Å². The molecule has 32 heavy (non-hydrogen) atoms. The Hall–Kier alpha value is -2.06. The molecule has 174 valence electrons. The molecule has 0 amide bonds. The maximum absolute atomic E-state index is 6.74. The van der Waals surface area contributed by atoms with Gasteiger partial charge in [0.2, 0.25) is 0 Å². The van der Waals surface area contributed by atoms with Gasteiger partial charge in [0.15, 0.2) is 0 Å². The molecule has 1 aliphatic carbocycles. The summed E-state index contributed by atoms with van der Waals surface area (Å²) >= 11 is 6.74. The summed E-state index contributed by atoms with van der Waals surface area (Å²) in [5.41, 5.74) is 5.96. The molecule has 3 heteroatoms. The smallest absolute Gasteiger partial charge is 0.138 e. The van der Waals surface area contributed by atoms with Crippen LogP contribution in [0.25, 0.3) is 5.57 Å². The van der Waals surface area contributed by atoms with Crippen LogP contribution >= 0.6 is 11.6 Å². The lowest BCUT2D eigenvalue weighted by Crippen LogP contribution is -2.07. The number of hydrogen-bond donors (Lipinski definition) is 0. The Kier molecular flexibility index (Phi) is 12.2. The number of allylic oxidation sites excluding steroid dienone is 7. The van der Waals surface area contributed by atoms with Crippen LogP contribution in [-0.2, 0) is 11.3 Å². The summed E-state index contributed by atoms with van der Waals surface area (Å²) in [7, 11) is 0. The van der Waals surface area contributed by atoms with Crippen LogP contribution in [0.15, 0.2) is 65.4 Å². The van der Waals surface area contributed by atoms with Crippen LogP contribution in [0.4, 0.5) is 0 Å². The minimum absolute atomic E-state index is 0.540. The second-order valence-electron chi connectivity index (χ2n) is 8.56. The molecule has 0 fully saturated rings. The number of fused-ring (bicyclic) bond motifs is 1. The third-order valence-electron chi connectivity index (χ3n) is 5.74. The molecule has 0 bridgehead atoms. The normalized spacial score (nSPS) is 22.9. The standard InChI is InChI=1S/C29H40ClNO/c1-5-14-24(7-3)22-32-31-26-17-12-10-8-9-11-16-23(4)20-25(15-6-2)27-18-13-19-29(30)28(27)21-26/h9,11-15,17-19,23H,5-8,10,16,20-22H2,1-4H3/b11-9+,17-12+,24-14?,25-15-,31-26+. The molecule has 2 nitrogen and oxygen atoms in total. The van der Waals surface area contributed by atoms with E-state index in [1.807, 2.05) is 6.07 Å². The largest absolute Gasteiger partial charge is 0.391 e. The van der Waals surface area contributed by atoms with Gasteiger partial charge in [0.25, 0.3) is 0 Å². The van der Waals surface area contributed by atoms with E-state index in [1.54, 1.807) is 0 Å². The summed E-state index contributed by atoms with van der Waals surface area (Å²) in [4.78, 5) is 5.79. The van der Waals surface area contributed by atoms with Gasteiger partial charge in [-0.05, 0) is 85.3 Å². The molecule has 0 aliphatic heterocycles. The first-order chi connectivity index (χ1) is 15.6. The highest BCUT2D eigenvalue weighted by Crippen LogP contribution is 2.32. The maximum Gasteiger partial charge on any atom is 0.138 e. The van der Waals surface area contributed by atoms with Crippen LogP contribution in [0, 0.1) is 5.92 Å². The summed E-state index contributed by atoms with van der Waals surface area (Å²) in [5, 5.41) is 5.34. The maximum atomic E-state index is 6.74. The average molecular weight is 454 g/mol. The van der Waals surface area contributed by atoms with Gasteiger partial charge in [-0.1, -0.05) is 87.0 Å². The minimum Gasteiger partial charge on any atom is -0.391 e. The summed E-state index contributed by atoms with van der Waals surface area (Å²) in [6.07, 6.45) is 21.4. The van der Waals surface area contributed by atoms with Gasteiger partial charge in [-0.2, -0.15) is 0 Å². The lowest BCUT2D eigenvalue weighted by molar-refractivity contribution is 0.165. The van der Waals surface area contributed by atoms with Gasteiger partial charge < -0.3 is 4.84 Å². The number of oxime groups is 1. The highest BCUT2D eigenvalue weighted by molar-refractivity contribution is 6.32. The molecular weight excluding hydrogens is 414 g/mol. The minimum atomic E-state index is 0.540. The van der Waals surface area contributed by atoms with Crippen LogP contribution in [-0.4, -0.2) is 12.3 Å². The first kappa shape index (κ1) is 26.2. The SMILES string of the molecule is CCC=C(CC)CO/N=C1\C=C\CC/C=C/CC(C)C/C(=C/CC)c2cccc(Cl)c2C1. The third kappa shape index (κ3) is 8.82. The average Bonchev–Trinajstić information content (AvgIpc) is 2.78. The Morgan fingerprint density at radius 3 is 2.69 bits per heavy atom. The molecule has 0 radical (unpaired) electrons. The topological polar surface area (TPSA) is 21.6 Å². The first-order valence-corrected chi connectivity index (χ1v) is 12.6. The van der Waals surface area contributed by atoms with Crippen LogP contribution in [0.1, 0.15) is 83.8 Å². The van der Waals surface area contributed by atoms with Gasteiger partial charge in [0.1, 0.15) is 6.61 Å². The summed E-state index contributed by atoms with van der Waals surface area (Å²) in [5.74, 6) is 0.587. The van der Waals surface area contributed by atoms with Crippen LogP contribution < -0.4 is 0 Å². The van der Waals surface area contributed by atoms with Crippen molar-refractivity contribution in [1.82, 2.24) is 0 Å². The van der Waals surface area contributed by atoms with Crippen molar-refractivity contribution < 1.29 is 4.84 Å². The van der Waals surface area contributed by atoms with Crippen molar-refractivity contribution >= 4 is 22.9 Å². The lowest BCUT2D eigenvalue weighted by atomic mass is 9.88. The van der Waals surface area contributed by atoms with Crippen molar-refractivity contribution in [2.45, 2.75) is 79.1 Å². The van der Waals surface area contributed by atoms with Crippen molar-refractivity contribution in [3.63, 3.8) is 0 Å². The molecule has 0 heterocycles. The zero-order chi connectivity index (χ0) is 23.2. The number of nitrogens with zero attached hydrogens (tertiary/aromatic N) is 1. The Labute approximate surface area is 200 Å². The van der Waals surface area contributed by atoms with Gasteiger partial charge in [0.05, 0.1) is 5.71 Å². The second-order valence-corrected chi connectivity index (χ2v) is 8.96. The predicted octanol–water partition coefficient (Wildman–Crippen LogP) is 9.12. The Bertz CT molecular complexity index is 860. The van der Waals surface area contributed by atoms with Crippen LogP contribution in [0.2, 0.25) is 5.02 Å². The van der Waals surface area contributed by atoms with Crippen molar-refractivity contribution in [1.29, 1.82) is 0 Å². The first-order valence-electron chi connectivity index (χ1n) is 12.2. The molecule has 1 aromatic rings. The Morgan fingerprint density at radius 1 is 1.12 bits per heavy atom. The van der Waals surface area contributed by atoms with Gasteiger partial charge >= 0.3 is 0 Å². The molecule has 1 aliphatic rings. The van der Waals surface area contributed by atoms with E-state index in [0.29, 0.717) is 18.9 Å². The fourth-order valence-electron chi connectivity index (χ4n) is 4.00. The molecule has 1 atom stereocenters. The molecule has 2 rings (SSSR count). The number of hydrogen-bond acceptors (Lipinski definition) is 2. The predicted molar refractivity (Wildman–Crippen MR) is 141 cm³/mol. The van der Waals surface area contributed by atoms with E-state index in [9.17, 15) is 0 Å². The summed E-state index contributed by atoms with van der Waals surface area (Å²) in [6, 6.07) is 6.25. The number of rotatable bonds is 6. The van der Waals surface area contributed by atoms with Crippen LogP contribution in [0.3, 0.4) is 0 Å². The molecule has 0 N–H and O–H groups in total. The van der Waals surface area contributed by atoms with E-state index in [0.717, 1.165) is 61.2 Å². The fourth-order valence-corrected chi connectivity index (χ4v) is 4.24. The summed E-state index contributed by atoms with van der Waals surface area (Å²) < 4.78 is 0. The molecule has 0 saturated carbocycles. The van der Waals surface area contributed by atoms with Gasteiger partial charge in [-0.25, -0.2) is 0 Å². The van der Waals surface area contributed by atoms with Crippen molar-refractivity contribution in [3.8, 4) is 0 Å².